The van der Waals surface area contributed by atoms with Crippen molar-refractivity contribution in [2.75, 3.05) is 18.8 Å². The number of rotatable bonds is 2. The largest absolute Gasteiger partial charge is 0.338 e. The molecule has 6 heteroatoms. The summed E-state index contributed by atoms with van der Waals surface area (Å²) >= 11 is 13.9. The van der Waals surface area contributed by atoms with Crippen LogP contribution in [0.5, 0.6) is 0 Å². The second kappa shape index (κ2) is 6.04. The van der Waals surface area contributed by atoms with Crippen LogP contribution in [0.15, 0.2) is 18.2 Å². The van der Waals surface area contributed by atoms with E-state index in [1.807, 2.05) is 19.1 Å². The lowest BCUT2D eigenvalue weighted by Crippen LogP contribution is -2.39. The molecule has 0 spiro atoms. The van der Waals surface area contributed by atoms with Crippen LogP contribution in [0.3, 0.4) is 0 Å². The fourth-order valence-corrected chi connectivity index (χ4v) is 3.66. The van der Waals surface area contributed by atoms with Gasteiger partial charge in [0.2, 0.25) is 0 Å². The molecule has 0 saturated carbocycles. The zero-order valence-corrected chi connectivity index (χ0v) is 12.3. The third-order valence-corrected chi connectivity index (χ3v) is 4.80. The molecule has 0 bridgehead atoms. The summed E-state index contributed by atoms with van der Waals surface area (Å²) in [6.07, 6.45) is 0. The minimum atomic E-state index is -0.0530. The molecule has 1 aromatic carbocycles. The van der Waals surface area contributed by atoms with E-state index in [4.69, 9.17) is 23.2 Å². The smallest absolute Gasteiger partial charge is 0.318 e. The van der Waals surface area contributed by atoms with Gasteiger partial charge in [-0.2, -0.15) is 0 Å². The summed E-state index contributed by atoms with van der Waals surface area (Å²) in [4.78, 5) is 13.7. The van der Waals surface area contributed by atoms with Crippen molar-refractivity contribution >= 4 is 41.0 Å². The summed E-state index contributed by atoms with van der Waals surface area (Å²) in [6.45, 7) is 3.25. The van der Waals surface area contributed by atoms with Gasteiger partial charge in [0.15, 0.2) is 0 Å². The van der Waals surface area contributed by atoms with Crippen molar-refractivity contribution in [3.8, 4) is 0 Å². The second-order valence-corrected chi connectivity index (χ2v) is 5.87. The average molecular weight is 305 g/mol. The van der Waals surface area contributed by atoms with Crippen molar-refractivity contribution in [1.29, 1.82) is 0 Å². The molecule has 2 rings (SSSR count). The number of halogens is 2. The van der Waals surface area contributed by atoms with Crippen molar-refractivity contribution in [3.63, 3.8) is 0 Å². The lowest BCUT2D eigenvalue weighted by atomic mass is 10.2. The van der Waals surface area contributed by atoms with E-state index >= 15 is 0 Å². The van der Waals surface area contributed by atoms with Crippen LogP contribution in [-0.2, 0) is 0 Å². The van der Waals surface area contributed by atoms with E-state index in [1.165, 1.54) is 0 Å². The van der Waals surface area contributed by atoms with E-state index in [1.54, 1.807) is 22.7 Å². The molecule has 1 heterocycles. The zero-order valence-electron chi connectivity index (χ0n) is 9.95. The third kappa shape index (κ3) is 2.71. The van der Waals surface area contributed by atoms with E-state index in [2.05, 4.69) is 5.32 Å². The fraction of sp³-hybridized carbons (Fsp3) is 0.417. The fourth-order valence-electron chi connectivity index (χ4n) is 1.90. The maximum Gasteiger partial charge on any atom is 0.318 e. The lowest BCUT2D eigenvalue weighted by molar-refractivity contribution is 0.201. The summed E-state index contributed by atoms with van der Waals surface area (Å²) in [5.74, 6) is 0.907. The van der Waals surface area contributed by atoms with Crippen molar-refractivity contribution in [3.05, 3.63) is 33.8 Å². The molecule has 1 aliphatic heterocycles. The van der Waals surface area contributed by atoms with Crippen LogP contribution in [0, 0.1) is 0 Å². The Hall–Kier alpha value is -0.580. The Morgan fingerprint density at radius 2 is 2.33 bits per heavy atom. The van der Waals surface area contributed by atoms with Crippen LogP contribution in [0.2, 0.25) is 10.0 Å². The minimum absolute atomic E-state index is 0.0523. The molecule has 1 atom stereocenters. The molecule has 0 aliphatic carbocycles. The number of carbonyl (C=O) groups excluding carboxylic acids is 1. The Kier molecular flexibility index (Phi) is 4.65. The van der Waals surface area contributed by atoms with Crippen LogP contribution in [0.25, 0.3) is 0 Å². The van der Waals surface area contributed by atoms with Gasteiger partial charge in [0.25, 0.3) is 0 Å². The van der Waals surface area contributed by atoms with Crippen molar-refractivity contribution in [2.45, 2.75) is 12.3 Å². The van der Waals surface area contributed by atoms with E-state index in [0.717, 1.165) is 17.9 Å². The first-order valence-corrected chi connectivity index (χ1v) is 7.55. The van der Waals surface area contributed by atoms with Gasteiger partial charge in [0, 0.05) is 24.4 Å². The summed E-state index contributed by atoms with van der Waals surface area (Å²) in [6, 6.07) is 5.48. The lowest BCUT2D eigenvalue weighted by Gasteiger charge is -2.25. The van der Waals surface area contributed by atoms with Gasteiger partial charge in [-0.05, 0) is 13.0 Å². The second-order valence-electron chi connectivity index (χ2n) is 3.90. The Bertz CT molecular complexity index is 456. The van der Waals surface area contributed by atoms with Gasteiger partial charge in [-0.3, -0.25) is 0 Å². The first-order chi connectivity index (χ1) is 8.65. The summed E-state index contributed by atoms with van der Waals surface area (Å²) in [5.41, 5.74) is 0.901. The highest BCUT2D eigenvalue weighted by Gasteiger charge is 2.32. The molecule has 1 fully saturated rings. The van der Waals surface area contributed by atoms with Crippen LogP contribution in [0.1, 0.15) is 17.9 Å². The first kappa shape index (κ1) is 13.8. The highest BCUT2D eigenvalue weighted by Crippen LogP contribution is 2.42. The molecule has 98 valence electrons. The Labute approximate surface area is 121 Å². The monoisotopic (exact) mass is 304 g/mol. The quantitative estimate of drug-likeness (QED) is 0.902. The molecular formula is C12H14Cl2N2OS. The average Bonchev–Trinajstić information content (AvgIpc) is 2.82. The highest BCUT2D eigenvalue weighted by atomic mass is 35.5. The van der Waals surface area contributed by atoms with Crippen LogP contribution >= 0.6 is 35.0 Å². The van der Waals surface area contributed by atoms with Gasteiger partial charge in [-0.15, -0.1) is 11.8 Å². The molecule has 0 aromatic heterocycles. The molecule has 1 aromatic rings. The molecule has 18 heavy (non-hydrogen) atoms. The Balaban J connectivity index is 2.26. The maximum atomic E-state index is 12.0. The van der Waals surface area contributed by atoms with Gasteiger partial charge < -0.3 is 10.2 Å². The zero-order chi connectivity index (χ0) is 13.1. The number of nitrogens with zero attached hydrogens (tertiary/aromatic N) is 1. The summed E-state index contributed by atoms with van der Waals surface area (Å²) in [5, 5.41) is 3.83. The number of amides is 2. The van der Waals surface area contributed by atoms with E-state index < -0.39 is 0 Å². The van der Waals surface area contributed by atoms with Crippen LogP contribution in [-0.4, -0.2) is 29.8 Å². The molecule has 1 N–H and O–H groups in total. The topological polar surface area (TPSA) is 32.3 Å². The van der Waals surface area contributed by atoms with Crippen LogP contribution in [0.4, 0.5) is 4.79 Å². The van der Waals surface area contributed by atoms with Gasteiger partial charge in [-0.1, -0.05) is 35.3 Å². The molecule has 1 aliphatic rings. The third-order valence-electron chi connectivity index (χ3n) is 2.73. The van der Waals surface area contributed by atoms with E-state index in [0.29, 0.717) is 16.6 Å². The normalized spacial score (nSPS) is 19.1. The van der Waals surface area contributed by atoms with Gasteiger partial charge in [-0.25, -0.2) is 4.79 Å². The van der Waals surface area contributed by atoms with Gasteiger partial charge in [0.1, 0.15) is 5.37 Å². The van der Waals surface area contributed by atoms with E-state index in [-0.39, 0.29) is 11.4 Å². The summed E-state index contributed by atoms with van der Waals surface area (Å²) < 4.78 is 0. The predicted octanol–water partition coefficient (Wildman–Crippen LogP) is 3.77. The SMILES string of the molecule is CCNC(=O)N1CCSC1c1cccc(Cl)c1Cl. The Morgan fingerprint density at radius 3 is 3.06 bits per heavy atom. The number of benzene rings is 1. The van der Waals surface area contributed by atoms with Gasteiger partial charge in [0.05, 0.1) is 10.0 Å². The molecule has 1 unspecified atom stereocenters. The first-order valence-electron chi connectivity index (χ1n) is 5.75. The number of thioether (sulfide) groups is 1. The van der Waals surface area contributed by atoms with E-state index in [9.17, 15) is 4.79 Å². The van der Waals surface area contributed by atoms with Crippen molar-refractivity contribution in [2.24, 2.45) is 0 Å². The number of urea groups is 1. The molecule has 2 amide bonds. The number of nitrogens with one attached hydrogen (secondary N) is 1. The molecular weight excluding hydrogens is 291 g/mol. The van der Waals surface area contributed by atoms with Crippen LogP contribution < -0.4 is 5.32 Å². The molecule has 1 saturated heterocycles. The number of carbonyl (C=O) groups is 1. The van der Waals surface area contributed by atoms with Gasteiger partial charge >= 0.3 is 6.03 Å². The summed E-state index contributed by atoms with van der Waals surface area (Å²) in [7, 11) is 0. The standard InChI is InChI=1S/C12H14Cl2N2OS/c1-2-15-12(17)16-6-7-18-11(16)8-4-3-5-9(13)10(8)14/h3-5,11H,2,6-7H2,1H3,(H,15,17). The van der Waals surface area contributed by atoms with Crippen molar-refractivity contribution in [1.82, 2.24) is 10.2 Å². The highest BCUT2D eigenvalue weighted by molar-refractivity contribution is 7.99. The number of hydrogen-bond donors (Lipinski definition) is 1. The minimum Gasteiger partial charge on any atom is -0.338 e. The molecule has 0 radical (unpaired) electrons. The predicted molar refractivity (Wildman–Crippen MR) is 77.4 cm³/mol. The number of hydrogen-bond acceptors (Lipinski definition) is 2. The Morgan fingerprint density at radius 1 is 1.56 bits per heavy atom. The maximum absolute atomic E-state index is 12.0. The van der Waals surface area contributed by atoms with Crippen molar-refractivity contribution < 1.29 is 4.79 Å². The molecule has 3 nitrogen and oxygen atoms in total.